The number of nitrogens with zero attached hydrogens (tertiary/aromatic N) is 2. The number of carbonyl (C=O) groups is 1. The van der Waals surface area contributed by atoms with Crippen molar-refractivity contribution in [3.63, 3.8) is 0 Å². The third-order valence-corrected chi connectivity index (χ3v) is 4.28. The van der Waals surface area contributed by atoms with Crippen LogP contribution >= 0.6 is 11.6 Å². The van der Waals surface area contributed by atoms with E-state index in [0.717, 1.165) is 56.4 Å². The summed E-state index contributed by atoms with van der Waals surface area (Å²) in [5, 5.41) is 4.06. The van der Waals surface area contributed by atoms with Gasteiger partial charge in [-0.3, -0.25) is 9.69 Å². The molecular formula is C16H24ClN3O. The molecule has 4 nitrogen and oxygen atoms in total. The van der Waals surface area contributed by atoms with Crippen LogP contribution in [-0.2, 0) is 11.3 Å². The van der Waals surface area contributed by atoms with Crippen LogP contribution in [-0.4, -0.2) is 55.0 Å². The van der Waals surface area contributed by atoms with Crippen molar-refractivity contribution >= 4 is 17.5 Å². The topological polar surface area (TPSA) is 35.6 Å². The second-order valence-electron chi connectivity index (χ2n) is 5.34. The molecule has 0 radical (unpaired) electrons. The van der Waals surface area contributed by atoms with E-state index in [1.165, 1.54) is 0 Å². The Morgan fingerprint density at radius 1 is 1.33 bits per heavy atom. The van der Waals surface area contributed by atoms with Crippen molar-refractivity contribution in [1.82, 2.24) is 15.1 Å². The Balaban J connectivity index is 1.82. The predicted molar refractivity (Wildman–Crippen MR) is 86.5 cm³/mol. The SMILES string of the molecule is CCN(CCC(=O)N1CCNCC1)Cc1ccccc1Cl. The molecule has 1 aromatic rings. The molecule has 5 heteroatoms. The first kappa shape index (κ1) is 16.3. The van der Waals surface area contributed by atoms with E-state index in [-0.39, 0.29) is 5.91 Å². The maximum absolute atomic E-state index is 12.2. The Bertz CT molecular complexity index is 461. The van der Waals surface area contributed by atoms with Gasteiger partial charge in [-0.25, -0.2) is 0 Å². The largest absolute Gasteiger partial charge is 0.340 e. The zero-order valence-electron chi connectivity index (χ0n) is 12.6. The van der Waals surface area contributed by atoms with Crippen LogP contribution in [0.1, 0.15) is 18.9 Å². The molecule has 21 heavy (non-hydrogen) atoms. The average Bonchev–Trinajstić information content (AvgIpc) is 2.53. The minimum absolute atomic E-state index is 0.258. The van der Waals surface area contributed by atoms with Gasteiger partial charge in [-0.2, -0.15) is 0 Å². The Morgan fingerprint density at radius 2 is 2.05 bits per heavy atom. The van der Waals surface area contributed by atoms with E-state index in [0.29, 0.717) is 6.42 Å². The van der Waals surface area contributed by atoms with Crippen molar-refractivity contribution < 1.29 is 4.79 Å². The first-order valence-corrected chi connectivity index (χ1v) is 8.02. The first-order chi connectivity index (χ1) is 10.2. The molecule has 0 aliphatic carbocycles. The fraction of sp³-hybridized carbons (Fsp3) is 0.562. The van der Waals surface area contributed by atoms with E-state index in [4.69, 9.17) is 11.6 Å². The van der Waals surface area contributed by atoms with Crippen LogP contribution in [0.25, 0.3) is 0 Å². The minimum Gasteiger partial charge on any atom is -0.340 e. The van der Waals surface area contributed by atoms with Crippen LogP contribution in [0.5, 0.6) is 0 Å². The smallest absolute Gasteiger partial charge is 0.223 e. The van der Waals surface area contributed by atoms with Crippen LogP contribution in [0.15, 0.2) is 24.3 Å². The summed E-state index contributed by atoms with van der Waals surface area (Å²) < 4.78 is 0. The van der Waals surface area contributed by atoms with Gasteiger partial charge in [0.15, 0.2) is 0 Å². The van der Waals surface area contributed by atoms with Crippen molar-refractivity contribution in [3.05, 3.63) is 34.9 Å². The lowest BCUT2D eigenvalue weighted by atomic mass is 10.2. The zero-order chi connectivity index (χ0) is 15.1. The summed E-state index contributed by atoms with van der Waals surface area (Å²) in [7, 11) is 0. The highest BCUT2D eigenvalue weighted by Crippen LogP contribution is 2.17. The lowest BCUT2D eigenvalue weighted by molar-refractivity contribution is -0.132. The van der Waals surface area contributed by atoms with Gasteiger partial charge in [0.1, 0.15) is 0 Å². The molecule has 1 amide bonds. The van der Waals surface area contributed by atoms with Crippen LogP contribution in [0.2, 0.25) is 5.02 Å². The summed E-state index contributed by atoms with van der Waals surface area (Å²) in [6, 6.07) is 7.90. The van der Waals surface area contributed by atoms with Crippen LogP contribution in [0, 0.1) is 0 Å². The lowest BCUT2D eigenvalue weighted by Gasteiger charge is -2.28. The fourth-order valence-corrected chi connectivity index (χ4v) is 2.74. The molecule has 0 atom stereocenters. The van der Waals surface area contributed by atoms with Gasteiger partial charge in [0.2, 0.25) is 5.91 Å². The molecule has 1 aliphatic rings. The van der Waals surface area contributed by atoms with E-state index < -0.39 is 0 Å². The highest BCUT2D eigenvalue weighted by molar-refractivity contribution is 6.31. The normalized spacial score (nSPS) is 15.5. The Morgan fingerprint density at radius 3 is 2.71 bits per heavy atom. The number of piperazine rings is 1. The Labute approximate surface area is 132 Å². The van der Waals surface area contributed by atoms with Gasteiger partial charge in [0, 0.05) is 50.7 Å². The predicted octanol–water partition coefficient (Wildman–Crippen LogP) is 1.98. The molecule has 1 N–H and O–H groups in total. The van der Waals surface area contributed by atoms with Gasteiger partial charge in [-0.05, 0) is 18.2 Å². The van der Waals surface area contributed by atoms with E-state index in [9.17, 15) is 4.79 Å². The second kappa shape index (κ2) is 8.37. The third kappa shape index (κ3) is 4.99. The molecule has 1 heterocycles. The maximum Gasteiger partial charge on any atom is 0.223 e. The number of nitrogens with one attached hydrogen (secondary N) is 1. The average molecular weight is 310 g/mol. The standard InChI is InChI=1S/C16H24ClN3O/c1-2-19(13-14-5-3-4-6-15(14)17)10-7-16(21)20-11-8-18-9-12-20/h3-6,18H,2,7-13H2,1H3. The second-order valence-corrected chi connectivity index (χ2v) is 5.75. The highest BCUT2D eigenvalue weighted by Gasteiger charge is 2.17. The van der Waals surface area contributed by atoms with Crippen LogP contribution < -0.4 is 5.32 Å². The number of hydrogen-bond acceptors (Lipinski definition) is 3. The molecule has 1 aromatic carbocycles. The van der Waals surface area contributed by atoms with Crippen molar-refractivity contribution in [2.75, 3.05) is 39.3 Å². The van der Waals surface area contributed by atoms with Gasteiger partial charge in [-0.15, -0.1) is 0 Å². The highest BCUT2D eigenvalue weighted by atomic mass is 35.5. The third-order valence-electron chi connectivity index (χ3n) is 3.91. The molecule has 0 saturated carbocycles. The fourth-order valence-electron chi connectivity index (χ4n) is 2.54. The molecular weight excluding hydrogens is 286 g/mol. The number of hydrogen-bond donors (Lipinski definition) is 1. The van der Waals surface area contributed by atoms with Gasteiger partial charge in [0.05, 0.1) is 0 Å². The molecule has 0 spiro atoms. The molecule has 0 unspecified atom stereocenters. The molecule has 0 aromatic heterocycles. The van der Waals surface area contributed by atoms with Crippen molar-refractivity contribution in [3.8, 4) is 0 Å². The van der Waals surface area contributed by atoms with E-state index in [2.05, 4.69) is 17.1 Å². The number of halogens is 1. The monoisotopic (exact) mass is 309 g/mol. The molecule has 0 bridgehead atoms. The molecule has 1 fully saturated rings. The molecule has 2 rings (SSSR count). The molecule has 116 valence electrons. The maximum atomic E-state index is 12.2. The minimum atomic E-state index is 0.258. The summed E-state index contributed by atoms with van der Waals surface area (Å²) in [5.41, 5.74) is 1.12. The van der Waals surface area contributed by atoms with E-state index >= 15 is 0 Å². The first-order valence-electron chi connectivity index (χ1n) is 7.65. The summed E-state index contributed by atoms with van der Waals surface area (Å²) >= 11 is 6.20. The number of amides is 1. The number of rotatable bonds is 6. The number of benzene rings is 1. The summed E-state index contributed by atoms with van der Waals surface area (Å²) in [4.78, 5) is 16.4. The van der Waals surface area contributed by atoms with Crippen LogP contribution in [0.3, 0.4) is 0 Å². The summed E-state index contributed by atoms with van der Waals surface area (Å²) in [5.74, 6) is 0.258. The van der Waals surface area contributed by atoms with Gasteiger partial charge in [0.25, 0.3) is 0 Å². The quantitative estimate of drug-likeness (QED) is 0.873. The number of carbonyl (C=O) groups excluding carboxylic acids is 1. The van der Waals surface area contributed by atoms with Crippen molar-refractivity contribution in [2.45, 2.75) is 19.9 Å². The summed E-state index contributed by atoms with van der Waals surface area (Å²) in [6.07, 6.45) is 0.582. The van der Waals surface area contributed by atoms with Gasteiger partial charge in [-0.1, -0.05) is 36.7 Å². The molecule has 1 aliphatic heterocycles. The van der Waals surface area contributed by atoms with Crippen LogP contribution in [0.4, 0.5) is 0 Å². The van der Waals surface area contributed by atoms with Gasteiger partial charge >= 0.3 is 0 Å². The zero-order valence-corrected chi connectivity index (χ0v) is 13.4. The Hall–Kier alpha value is -1.10. The Kier molecular flexibility index (Phi) is 6.49. The van der Waals surface area contributed by atoms with E-state index in [1.807, 2.05) is 29.2 Å². The lowest BCUT2D eigenvalue weighted by Crippen LogP contribution is -2.47. The van der Waals surface area contributed by atoms with Crippen molar-refractivity contribution in [1.29, 1.82) is 0 Å². The van der Waals surface area contributed by atoms with Gasteiger partial charge < -0.3 is 10.2 Å². The van der Waals surface area contributed by atoms with E-state index in [1.54, 1.807) is 0 Å². The molecule has 1 saturated heterocycles. The van der Waals surface area contributed by atoms with Crippen molar-refractivity contribution in [2.24, 2.45) is 0 Å². The summed E-state index contributed by atoms with van der Waals surface area (Å²) in [6.45, 7) is 8.08.